The van der Waals surface area contributed by atoms with E-state index in [1.165, 1.54) is 41.7 Å². The lowest BCUT2D eigenvalue weighted by Gasteiger charge is -2.31. The lowest BCUT2D eigenvalue weighted by molar-refractivity contribution is 0.134. The van der Waals surface area contributed by atoms with Crippen LogP contribution in [0.4, 0.5) is 10.5 Å². The highest BCUT2D eigenvalue weighted by atomic mass is 32.2. The van der Waals surface area contributed by atoms with Gasteiger partial charge in [0, 0.05) is 24.8 Å². The van der Waals surface area contributed by atoms with Crippen molar-refractivity contribution in [3.05, 3.63) is 52.6 Å². The second-order valence-electron chi connectivity index (χ2n) is 6.59. The molecule has 0 bridgehead atoms. The predicted octanol–water partition coefficient (Wildman–Crippen LogP) is 2.36. The standard InChI is InChI=1S/C19H22N2O7S/c1-13-11-16(12-18(22)27-13)28-15-7-9-21(10-8-15)29(24,25)17-5-3-14(4-6-17)20-19(23)26-2/h3-6,11-12,15H,7-10H2,1-2H3,(H,20,23). The average Bonchev–Trinajstić information content (AvgIpc) is 2.68. The molecule has 0 atom stereocenters. The summed E-state index contributed by atoms with van der Waals surface area (Å²) in [6.45, 7) is 2.26. The minimum atomic E-state index is -3.65. The molecule has 156 valence electrons. The number of nitrogens with one attached hydrogen (secondary N) is 1. The summed E-state index contributed by atoms with van der Waals surface area (Å²) in [5.41, 5.74) is -0.0457. The van der Waals surface area contributed by atoms with Crippen LogP contribution in [0, 0.1) is 6.92 Å². The van der Waals surface area contributed by atoms with E-state index in [4.69, 9.17) is 9.15 Å². The van der Waals surface area contributed by atoms with Crippen molar-refractivity contribution in [2.24, 2.45) is 0 Å². The maximum atomic E-state index is 12.9. The number of benzene rings is 1. The Hall–Kier alpha value is -2.85. The molecule has 0 saturated carbocycles. The second kappa shape index (κ2) is 8.66. The molecule has 10 heteroatoms. The van der Waals surface area contributed by atoms with Crippen LogP contribution in [0.1, 0.15) is 18.6 Å². The van der Waals surface area contributed by atoms with Gasteiger partial charge in [-0.2, -0.15) is 4.31 Å². The van der Waals surface area contributed by atoms with Crippen molar-refractivity contribution in [1.29, 1.82) is 0 Å². The van der Waals surface area contributed by atoms with E-state index >= 15 is 0 Å². The number of hydrogen-bond donors (Lipinski definition) is 1. The van der Waals surface area contributed by atoms with E-state index in [0.29, 0.717) is 43.1 Å². The molecule has 1 aliphatic heterocycles. The van der Waals surface area contributed by atoms with E-state index in [1.54, 1.807) is 13.0 Å². The Balaban J connectivity index is 1.62. The minimum Gasteiger partial charge on any atom is -0.490 e. The number of hydrogen-bond acceptors (Lipinski definition) is 7. The summed E-state index contributed by atoms with van der Waals surface area (Å²) in [5, 5.41) is 2.47. The number of methoxy groups -OCH3 is 1. The topological polar surface area (TPSA) is 115 Å². The Bertz CT molecular complexity index is 1020. The van der Waals surface area contributed by atoms with Crippen LogP contribution >= 0.6 is 0 Å². The Kier molecular flexibility index (Phi) is 6.23. The zero-order valence-corrected chi connectivity index (χ0v) is 16.9. The molecule has 0 radical (unpaired) electrons. The number of piperidine rings is 1. The van der Waals surface area contributed by atoms with E-state index in [0.717, 1.165) is 0 Å². The molecule has 2 heterocycles. The largest absolute Gasteiger partial charge is 0.490 e. The summed E-state index contributed by atoms with van der Waals surface area (Å²) < 4.78 is 42.3. The fourth-order valence-corrected chi connectivity index (χ4v) is 4.52. The summed E-state index contributed by atoms with van der Waals surface area (Å²) in [7, 11) is -2.41. The van der Waals surface area contributed by atoms with Gasteiger partial charge in [0.05, 0.1) is 18.1 Å². The van der Waals surface area contributed by atoms with Gasteiger partial charge in [0.2, 0.25) is 10.0 Å². The van der Waals surface area contributed by atoms with Gasteiger partial charge >= 0.3 is 11.7 Å². The maximum absolute atomic E-state index is 12.9. The summed E-state index contributed by atoms with van der Waals surface area (Å²) >= 11 is 0. The first-order chi connectivity index (χ1) is 13.8. The van der Waals surface area contributed by atoms with E-state index in [2.05, 4.69) is 10.1 Å². The first-order valence-corrected chi connectivity index (χ1v) is 10.5. The molecule has 2 aromatic rings. The van der Waals surface area contributed by atoms with Crippen LogP contribution in [-0.4, -0.2) is 45.1 Å². The van der Waals surface area contributed by atoms with Crippen molar-refractivity contribution in [2.75, 3.05) is 25.5 Å². The number of carbonyl (C=O) groups is 1. The van der Waals surface area contributed by atoms with Crippen LogP contribution in [0.2, 0.25) is 0 Å². The molecule has 1 amide bonds. The molecule has 0 unspecified atom stereocenters. The molecular weight excluding hydrogens is 400 g/mol. The van der Waals surface area contributed by atoms with Crippen LogP contribution in [0.25, 0.3) is 0 Å². The summed E-state index contributed by atoms with van der Waals surface area (Å²) in [6, 6.07) is 8.80. The van der Waals surface area contributed by atoms with Crippen molar-refractivity contribution in [2.45, 2.75) is 30.8 Å². The number of anilines is 1. The summed E-state index contributed by atoms with van der Waals surface area (Å²) in [5.74, 6) is 0.881. The fraction of sp³-hybridized carbons (Fsp3) is 0.368. The highest BCUT2D eigenvalue weighted by Gasteiger charge is 2.30. The monoisotopic (exact) mass is 422 g/mol. The van der Waals surface area contributed by atoms with Crippen molar-refractivity contribution in [1.82, 2.24) is 4.31 Å². The number of ether oxygens (including phenoxy) is 2. The third kappa shape index (κ3) is 5.15. The van der Waals surface area contributed by atoms with Crippen LogP contribution in [-0.2, 0) is 14.8 Å². The Labute approximate surface area is 168 Å². The van der Waals surface area contributed by atoms with Crippen LogP contribution < -0.4 is 15.7 Å². The van der Waals surface area contributed by atoms with Crippen LogP contribution in [0.5, 0.6) is 5.75 Å². The molecule has 0 aliphatic carbocycles. The highest BCUT2D eigenvalue weighted by molar-refractivity contribution is 7.89. The third-order valence-corrected chi connectivity index (χ3v) is 6.41. The normalized spacial score (nSPS) is 15.7. The fourth-order valence-electron chi connectivity index (χ4n) is 3.05. The maximum Gasteiger partial charge on any atom is 0.411 e. The van der Waals surface area contributed by atoms with Crippen molar-refractivity contribution in [3.8, 4) is 5.75 Å². The first-order valence-electron chi connectivity index (χ1n) is 9.01. The van der Waals surface area contributed by atoms with Gasteiger partial charge in [-0.3, -0.25) is 5.32 Å². The zero-order chi connectivity index (χ0) is 21.0. The molecule has 1 aromatic carbocycles. The number of amides is 1. The summed E-state index contributed by atoms with van der Waals surface area (Å²) in [4.78, 5) is 22.8. The highest BCUT2D eigenvalue weighted by Crippen LogP contribution is 2.24. The van der Waals surface area contributed by atoms with Gasteiger partial charge in [-0.1, -0.05) is 0 Å². The first kappa shape index (κ1) is 20.9. The smallest absolute Gasteiger partial charge is 0.411 e. The van der Waals surface area contributed by atoms with Gasteiger partial charge in [-0.15, -0.1) is 0 Å². The molecule has 1 saturated heterocycles. The second-order valence-corrected chi connectivity index (χ2v) is 8.52. The molecule has 0 spiro atoms. The van der Waals surface area contributed by atoms with Gasteiger partial charge in [0.1, 0.15) is 17.6 Å². The van der Waals surface area contributed by atoms with Gasteiger partial charge in [0.25, 0.3) is 0 Å². The average molecular weight is 422 g/mol. The van der Waals surface area contributed by atoms with Crippen molar-refractivity contribution >= 4 is 21.8 Å². The predicted molar refractivity (Wildman–Crippen MR) is 105 cm³/mol. The van der Waals surface area contributed by atoms with Crippen molar-refractivity contribution in [3.63, 3.8) is 0 Å². The molecule has 9 nitrogen and oxygen atoms in total. The minimum absolute atomic E-state index is 0.142. The molecule has 1 N–H and O–H groups in total. The lowest BCUT2D eigenvalue weighted by atomic mass is 10.1. The van der Waals surface area contributed by atoms with Crippen LogP contribution in [0.3, 0.4) is 0 Å². The van der Waals surface area contributed by atoms with E-state index in [9.17, 15) is 18.0 Å². The van der Waals surface area contributed by atoms with E-state index in [-0.39, 0.29) is 11.0 Å². The van der Waals surface area contributed by atoms with Gasteiger partial charge in [0.15, 0.2) is 0 Å². The lowest BCUT2D eigenvalue weighted by Crippen LogP contribution is -2.41. The third-order valence-electron chi connectivity index (χ3n) is 4.49. The van der Waals surface area contributed by atoms with Crippen molar-refractivity contribution < 1.29 is 27.1 Å². The number of aryl methyl sites for hydroxylation is 1. The SMILES string of the molecule is COC(=O)Nc1ccc(S(=O)(=O)N2CCC(Oc3cc(C)oc(=O)c3)CC2)cc1. The van der Waals surface area contributed by atoms with Gasteiger partial charge in [-0.05, 0) is 44.0 Å². The number of carbonyl (C=O) groups excluding carboxylic acids is 1. The Morgan fingerprint density at radius 2 is 1.83 bits per heavy atom. The molecule has 1 fully saturated rings. The van der Waals surface area contributed by atoms with Crippen LogP contribution in [0.15, 0.2) is 50.5 Å². The van der Waals surface area contributed by atoms with Gasteiger partial charge < -0.3 is 13.9 Å². The Morgan fingerprint density at radius 3 is 2.41 bits per heavy atom. The van der Waals surface area contributed by atoms with Gasteiger partial charge in [-0.25, -0.2) is 18.0 Å². The number of nitrogens with zero attached hydrogens (tertiary/aromatic N) is 1. The molecule has 1 aromatic heterocycles. The van der Waals surface area contributed by atoms with E-state index in [1.807, 2.05) is 0 Å². The number of sulfonamides is 1. The van der Waals surface area contributed by atoms with E-state index < -0.39 is 21.7 Å². The Morgan fingerprint density at radius 1 is 1.17 bits per heavy atom. The number of rotatable bonds is 5. The molecular formula is C19H22N2O7S. The zero-order valence-electron chi connectivity index (χ0n) is 16.1. The molecule has 29 heavy (non-hydrogen) atoms. The summed E-state index contributed by atoms with van der Waals surface area (Å²) in [6.07, 6.45) is 0.185. The molecule has 1 aliphatic rings. The molecule has 3 rings (SSSR count). The quantitative estimate of drug-likeness (QED) is 0.786.